The lowest BCUT2D eigenvalue weighted by molar-refractivity contribution is -0.132. The molecule has 0 saturated heterocycles. The van der Waals surface area contributed by atoms with Crippen LogP contribution in [0.25, 0.3) is 0 Å². The predicted molar refractivity (Wildman–Crippen MR) is 70.8 cm³/mol. The van der Waals surface area contributed by atoms with Crippen molar-refractivity contribution in [2.24, 2.45) is 0 Å². The van der Waals surface area contributed by atoms with Crippen molar-refractivity contribution in [2.45, 2.75) is 13.0 Å². The molecule has 0 radical (unpaired) electrons. The Morgan fingerprint density at radius 3 is 2.76 bits per heavy atom. The van der Waals surface area contributed by atoms with Gasteiger partial charge in [-0.1, -0.05) is 6.07 Å². The smallest absolute Gasteiger partial charge is 0.352 e. The van der Waals surface area contributed by atoms with Crippen LogP contribution in [-0.2, 0) is 4.79 Å². The van der Waals surface area contributed by atoms with E-state index in [4.69, 9.17) is 5.11 Å². The molecule has 21 heavy (non-hydrogen) atoms. The fourth-order valence-corrected chi connectivity index (χ4v) is 2.29. The van der Waals surface area contributed by atoms with Crippen molar-refractivity contribution in [1.82, 2.24) is 9.78 Å². The van der Waals surface area contributed by atoms with E-state index in [1.165, 1.54) is 16.8 Å². The standard InChI is InChI=1S/C14H11F2N3O2/c1-7-4-13-17-11(14(20)21)6-12(19(13)18-7)8-2-3-9(15)10(16)5-8/h2-6,12,17H,1H3,(H,20,21). The van der Waals surface area contributed by atoms with Crippen molar-refractivity contribution < 1.29 is 18.7 Å². The van der Waals surface area contributed by atoms with Crippen LogP contribution in [0.4, 0.5) is 14.6 Å². The Labute approximate surface area is 118 Å². The van der Waals surface area contributed by atoms with Gasteiger partial charge < -0.3 is 10.4 Å². The van der Waals surface area contributed by atoms with Crippen LogP contribution in [0.2, 0.25) is 0 Å². The summed E-state index contributed by atoms with van der Waals surface area (Å²) >= 11 is 0. The number of benzene rings is 1. The normalized spacial score (nSPS) is 16.9. The van der Waals surface area contributed by atoms with Crippen molar-refractivity contribution in [3.63, 3.8) is 0 Å². The molecule has 1 aromatic heterocycles. The van der Waals surface area contributed by atoms with E-state index in [1.807, 2.05) is 0 Å². The average Bonchev–Trinajstić information content (AvgIpc) is 2.80. The monoisotopic (exact) mass is 291 g/mol. The summed E-state index contributed by atoms with van der Waals surface area (Å²) in [5.74, 6) is -2.58. The molecule has 0 saturated carbocycles. The molecule has 2 heterocycles. The van der Waals surface area contributed by atoms with Crippen molar-refractivity contribution in [3.05, 3.63) is 58.9 Å². The molecule has 7 heteroatoms. The van der Waals surface area contributed by atoms with Gasteiger partial charge in [0.15, 0.2) is 11.6 Å². The molecule has 108 valence electrons. The Hall–Kier alpha value is -2.70. The number of halogens is 2. The number of rotatable bonds is 2. The van der Waals surface area contributed by atoms with Crippen LogP contribution < -0.4 is 5.32 Å². The summed E-state index contributed by atoms with van der Waals surface area (Å²) in [6.07, 6.45) is 1.41. The minimum absolute atomic E-state index is 0.0304. The number of nitrogens with zero attached hydrogens (tertiary/aromatic N) is 2. The first-order valence-electron chi connectivity index (χ1n) is 6.19. The first kappa shape index (κ1) is 13.3. The fourth-order valence-electron chi connectivity index (χ4n) is 2.29. The van der Waals surface area contributed by atoms with Gasteiger partial charge in [0.2, 0.25) is 0 Å². The van der Waals surface area contributed by atoms with Gasteiger partial charge in [-0.3, -0.25) is 0 Å². The molecular weight excluding hydrogens is 280 g/mol. The molecule has 0 amide bonds. The van der Waals surface area contributed by atoms with Crippen molar-refractivity contribution in [2.75, 3.05) is 5.32 Å². The number of aliphatic carboxylic acids is 1. The predicted octanol–water partition coefficient (Wildman–Crippen LogP) is 2.45. The number of allylic oxidation sites excluding steroid dienone is 1. The highest BCUT2D eigenvalue weighted by molar-refractivity contribution is 5.90. The number of carboxylic acid groups (broad SMARTS) is 1. The maximum absolute atomic E-state index is 13.4. The minimum atomic E-state index is -1.13. The molecule has 2 aromatic rings. The number of anilines is 1. The molecular formula is C14H11F2N3O2. The van der Waals surface area contributed by atoms with Gasteiger partial charge in [0, 0.05) is 6.07 Å². The number of fused-ring (bicyclic) bond motifs is 1. The second-order valence-electron chi connectivity index (χ2n) is 4.74. The topological polar surface area (TPSA) is 67.2 Å². The number of carboxylic acids is 1. The van der Waals surface area contributed by atoms with Crippen LogP contribution in [-0.4, -0.2) is 20.9 Å². The summed E-state index contributed by atoms with van der Waals surface area (Å²) in [6.45, 7) is 1.76. The summed E-state index contributed by atoms with van der Waals surface area (Å²) < 4.78 is 28.0. The van der Waals surface area contributed by atoms with Gasteiger partial charge in [0.05, 0.1) is 11.7 Å². The zero-order valence-corrected chi connectivity index (χ0v) is 11.0. The van der Waals surface area contributed by atoms with E-state index in [0.29, 0.717) is 17.1 Å². The van der Waals surface area contributed by atoms with Gasteiger partial charge >= 0.3 is 5.97 Å². The van der Waals surface area contributed by atoms with Gasteiger partial charge in [-0.05, 0) is 30.7 Å². The highest BCUT2D eigenvalue weighted by Crippen LogP contribution is 2.31. The van der Waals surface area contributed by atoms with E-state index < -0.39 is 23.6 Å². The first-order chi connectivity index (χ1) is 9.95. The second-order valence-corrected chi connectivity index (χ2v) is 4.74. The van der Waals surface area contributed by atoms with Crippen molar-refractivity contribution in [1.29, 1.82) is 0 Å². The summed E-state index contributed by atoms with van der Waals surface area (Å²) in [7, 11) is 0. The largest absolute Gasteiger partial charge is 0.477 e. The van der Waals surface area contributed by atoms with E-state index in [0.717, 1.165) is 12.1 Å². The number of hydrogen-bond donors (Lipinski definition) is 2. The van der Waals surface area contributed by atoms with Gasteiger partial charge in [-0.15, -0.1) is 0 Å². The Bertz CT molecular complexity index is 768. The van der Waals surface area contributed by atoms with Gasteiger partial charge in [-0.2, -0.15) is 5.10 Å². The number of hydrogen-bond acceptors (Lipinski definition) is 3. The van der Waals surface area contributed by atoms with E-state index in [1.54, 1.807) is 13.0 Å². The maximum Gasteiger partial charge on any atom is 0.352 e. The highest BCUT2D eigenvalue weighted by atomic mass is 19.2. The maximum atomic E-state index is 13.4. The third-order valence-corrected chi connectivity index (χ3v) is 3.22. The highest BCUT2D eigenvalue weighted by Gasteiger charge is 2.25. The third kappa shape index (κ3) is 2.26. The van der Waals surface area contributed by atoms with Crippen LogP contribution >= 0.6 is 0 Å². The molecule has 1 aliphatic heterocycles. The van der Waals surface area contributed by atoms with Crippen LogP contribution in [0.15, 0.2) is 36.0 Å². The molecule has 0 spiro atoms. The van der Waals surface area contributed by atoms with Gasteiger partial charge in [0.25, 0.3) is 0 Å². The van der Waals surface area contributed by atoms with Gasteiger partial charge in [-0.25, -0.2) is 18.3 Å². The number of aromatic nitrogens is 2. The molecule has 0 aliphatic carbocycles. The third-order valence-electron chi connectivity index (χ3n) is 3.22. The van der Waals surface area contributed by atoms with Crippen LogP contribution in [0, 0.1) is 18.6 Å². The fraction of sp³-hybridized carbons (Fsp3) is 0.143. The van der Waals surface area contributed by atoms with Gasteiger partial charge in [0.1, 0.15) is 11.5 Å². The molecule has 2 N–H and O–H groups in total. The zero-order valence-electron chi connectivity index (χ0n) is 11.0. The number of carbonyl (C=O) groups is 1. The summed E-state index contributed by atoms with van der Waals surface area (Å²) in [5, 5.41) is 16.1. The Balaban J connectivity index is 2.14. The van der Waals surface area contributed by atoms with E-state index in [-0.39, 0.29) is 5.70 Å². The lowest BCUT2D eigenvalue weighted by Gasteiger charge is -2.23. The molecule has 5 nitrogen and oxygen atoms in total. The van der Waals surface area contributed by atoms with Crippen LogP contribution in [0.5, 0.6) is 0 Å². The summed E-state index contributed by atoms with van der Waals surface area (Å²) in [4.78, 5) is 11.2. The minimum Gasteiger partial charge on any atom is -0.477 e. The van der Waals surface area contributed by atoms with Crippen molar-refractivity contribution >= 4 is 11.8 Å². The molecule has 1 aromatic carbocycles. The second kappa shape index (κ2) is 4.69. The number of nitrogens with one attached hydrogen (secondary N) is 1. The average molecular weight is 291 g/mol. The Kier molecular flexibility index (Phi) is 2.97. The molecule has 3 rings (SSSR count). The Morgan fingerprint density at radius 2 is 2.10 bits per heavy atom. The van der Waals surface area contributed by atoms with E-state index in [9.17, 15) is 13.6 Å². The molecule has 0 bridgehead atoms. The number of aryl methyl sites for hydroxylation is 1. The molecule has 1 atom stereocenters. The first-order valence-corrected chi connectivity index (χ1v) is 6.19. The van der Waals surface area contributed by atoms with Crippen molar-refractivity contribution in [3.8, 4) is 0 Å². The zero-order chi connectivity index (χ0) is 15.1. The Morgan fingerprint density at radius 1 is 1.33 bits per heavy atom. The van der Waals surface area contributed by atoms with Crippen LogP contribution in [0.3, 0.4) is 0 Å². The molecule has 0 fully saturated rings. The lowest BCUT2D eigenvalue weighted by atomic mass is 10.0. The molecule has 1 aliphatic rings. The molecule has 1 unspecified atom stereocenters. The van der Waals surface area contributed by atoms with E-state index in [2.05, 4.69) is 10.4 Å². The van der Waals surface area contributed by atoms with Crippen LogP contribution in [0.1, 0.15) is 17.3 Å². The lowest BCUT2D eigenvalue weighted by Crippen LogP contribution is -2.24. The summed E-state index contributed by atoms with van der Waals surface area (Å²) in [5.41, 5.74) is 1.07. The van der Waals surface area contributed by atoms with E-state index >= 15 is 0 Å². The summed E-state index contributed by atoms with van der Waals surface area (Å²) in [6, 6.07) is 4.53. The quantitative estimate of drug-likeness (QED) is 0.892. The SMILES string of the molecule is Cc1cc2n(n1)C(c1ccc(F)c(F)c1)C=C(C(=O)O)N2.